The molecule has 1 aliphatic heterocycles. The van der Waals surface area contributed by atoms with Crippen LogP contribution in [0.25, 0.3) is 0 Å². The van der Waals surface area contributed by atoms with Crippen molar-refractivity contribution >= 4 is 45.7 Å². The van der Waals surface area contributed by atoms with Crippen molar-refractivity contribution in [3.8, 4) is 0 Å². The van der Waals surface area contributed by atoms with Crippen LogP contribution in [0.5, 0.6) is 0 Å². The number of rotatable bonds is 4. The van der Waals surface area contributed by atoms with E-state index in [0.29, 0.717) is 5.13 Å². The maximum atomic E-state index is 12.8. The van der Waals surface area contributed by atoms with E-state index in [1.54, 1.807) is 14.0 Å². The highest BCUT2D eigenvalue weighted by atomic mass is 32.2. The highest BCUT2D eigenvalue weighted by molar-refractivity contribution is 8.02. The van der Waals surface area contributed by atoms with Crippen LogP contribution in [0.4, 0.5) is 10.8 Å². The number of anilines is 2. The molecule has 1 unspecified atom stereocenters. The first-order valence-corrected chi connectivity index (χ1v) is 9.29. The molecule has 0 saturated carbocycles. The molecule has 3 rings (SSSR count). The molecule has 0 spiro atoms. The lowest BCUT2D eigenvalue weighted by atomic mass is 10.1. The molecule has 1 aromatic heterocycles. The summed E-state index contributed by atoms with van der Waals surface area (Å²) < 4.78 is -1.24. The normalized spacial score (nSPS) is 20.0. The number of nitrogens with one attached hydrogen (secondary N) is 1. The summed E-state index contributed by atoms with van der Waals surface area (Å²) in [7, 11) is 1.69. The van der Waals surface area contributed by atoms with Crippen molar-refractivity contribution < 1.29 is 9.59 Å². The Hall–Kier alpha value is -1.93. The zero-order valence-electron chi connectivity index (χ0n) is 13.7. The summed E-state index contributed by atoms with van der Waals surface area (Å²) in [5.41, 5.74) is 0.818. The van der Waals surface area contributed by atoms with Gasteiger partial charge in [0.2, 0.25) is 5.13 Å². The molecule has 2 amide bonds. The van der Waals surface area contributed by atoms with Crippen LogP contribution in [-0.4, -0.2) is 33.8 Å². The number of hydrogen-bond acceptors (Lipinski definition) is 6. The maximum absolute atomic E-state index is 12.8. The molecular weight excluding hydrogens is 344 g/mol. The Morgan fingerprint density at radius 2 is 2.08 bits per heavy atom. The van der Waals surface area contributed by atoms with Gasteiger partial charge >= 0.3 is 0 Å². The van der Waals surface area contributed by atoms with Gasteiger partial charge in [-0.1, -0.05) is 42.2 Å². The Kier molecular flexibility index (Phi) is 4.60. The van der Waals surface area contributed by atoms with E-state index in [0.717, 1.165) is 28.4 Å². The van der Waals surface area contributed by atoms with Crippen molar-refractivity contribution in [3.05, 3.63) is 29.3 Å². The summed E-state index contributed by atoms with van der Waals surface area (Å²) in [4.78, 5) is 28.0. The summed E-state index contributed by atoms with van der Waals surface area (Å²) >= 11 is 2.62. The molecular formula is C16H18N4O2S2. The van der Waals surface area contributed by atoms with Crippen molar-refractivity contribution in [2.45, 2.75) is 36.3 Å². The van der Waals surface area contributed by atoms with Gasteiger partial charge in [0.05, 0.1) is 5.69 Å². The molecule has 126 valence electrons. The number of aryl methyl sites for hydroxylation is 1. The Bertz CT molecular complexity index is 792. The van der Waals surface area contributed by atoms with E-state index in [2.05, 4.69) is 22.4 Å². The molecule has 2 aromatic rings. The Balaban J connectivity index is 1.84. The summed E-state index contributed by atoms with van der Waals surface area (Å²) in [6.07, 6.45) is 1.80. The molecule has 1 atom stereocenters. The fraction of sp³-hybridized carbons (Fsp3) is 0.375. The van der Waals surface area contributed by atoms with Crippen LogP contribution < -0.4 is 10.2 Å². The van der Waals surface area contributed by atoms with Gasteiger partial charge in [0.1, 0.15) is 5.01 Å². The number of carbonyl (C=O) groups excluding carboxylic acids is 2. The number of carbonyl (C=O) groups is 2. The first-order valence-electron chi connectivity index (χ1n) is 7.65. The predicted molar refractivity (Wildman–Crippen MR) is 96.6 cm³/mol. The number of hydrogen-bond donors (Lipinski definition) is 1. The minimum atomic E-state index is -1.24. The van der Waals surface area contributed by atoms with Gasteiger partial charge in [0, 0.05) is 18.4 Å². The van der Waals surface area contributed by atoms with Gasteiger partial charge in [-0.2, -0.15) is 0 Å². The Morgan fingerprint density at radius 1 is 1.33 bits per heavy atom. The van der Waals surface area contributed by atoms with Gasteiger partial charge in [0.25, 0.3) is 11.8 Å². The van der Waals surface area contributed by atoms with E-state index in [-0.39, 0.29) is 11.8 Å². The van der Waals surface area contributed by atoms with Crippen LogP contribution in [0.15, 0.2) is 29.2 Å². The Morgan fingerprint density at radius 3 is 2.83 bits per heavy atom. The third-order valence-corrected chi connectivity index (χ3v) is 6.07. The predicted octanol–water partition coefficient (Wildman–Crippen LogP) is 2.96. The minimum Gasteiger partial charge on any atom is -0.313 e. The molecule has 0 saturated heterocycles. The first-order chi connectivity index (χ1) is 11.5. The lowest BCUT2D eigenvalue weighted by molar-refractivity contribution is -0.128. The number of benzene rings is 1. The van der Waals surface area contributed by atoms with Crippen LogP contribution in [0.3, 0.4) is 0 Å². The van der Waals surface area contributed by atoms with Crippen LogP contribution in [-0.2, 0) is 16.0 Å². The van der Waals surface area contributed by atoms with E-state index in [1.807, 2.05) is 24.3 Å². The van der Waals surface area contributed by atoms with Gasteiger partial charge < -0.3 is 4.90 Å². The largest absolute Gasteiger partial charge is 0.313 e. The lowest BCUT2D eigenvalue weighted by Crippen LogP contribution is -2.53. The van der Waals surface area contributed by atoms with E-state index in [1.165, 1.54) is 28.0 Å². The molecule has 6 nitrogen and oxygen atoms in total. The van der Waals surface area contributed by atoms with Crippen molar-refractivity contribution in [2.24, 2.45) is 0 Å². The van der Waals surface area contributed by atoms with Crippen LogP contribution in [0.2, 0.25) is 0 Å². The van der Waals surface area contributed by atoms with Crippen LogP contribution in [0, 0.1) is 0 Å². The van der Waals surface area contributed by atoms with Crippen molar-refractivity contribution in [1.82, 2.24) is 10.2 Å². The molecule has 0 radical (unpaired) electrons. The van der Waals surface area contributed by atoms with Gasteiger partial charge in [0.15, 0.2) is 4.75 Å². The quantitative estimate of drug-likeness (QED) is 0.847. The molecule has 2 heterocycles. The first kappa shape index (κ1) is 16.9. The number of nitrogens with zero attached hydrogens (tertiary/aromatic N) is 3. The number of fused-ring (bicyclic) bond motifs is 1. The third kappa shape index (κ3) is 2.91. The van der Waals surface area contributed by atoms with E-state index >= 15 is 0 Å². The molecule has 1 aliphatic rings. The average Bonchev–Trinajstić information content (AvgIpc) is 3.00. The van der Waals surface area contributed by atoms with Crippen LogP contribution >= 0.6 is 23.1 Å². The maximum Gasteiger partial charge on any atom is 0.252 e. The molecule has 1 N–H and O–H groups in total. The fourth-order valence-corrected chi connectivity index (χ4v) is 4.59. The second kappa shape index (κ2) is 6.52. The highest BCUT2D eigenvalue weighted by Crippen LogP contribution is 2.45. The number of para-hydroxylation sites is 1. The molecule has 0 bridgehead atoms. The summed E-state index contributed by atoms with van der Waals surface area (Å²) in [5, 5.41) is 12.1. The van der Waals surface area contributed by atoms with Gasteiger partial charge in [-0.3, -0.25) is 14.9 Å². The van der Waals surface area contributed by atoms with E-state index < -0.39 is 4.75 Å². The number of aromatic nitrogens is 2. The monoisotopic (exact) mass is 362 g/mol. The SMILES string of the molecule is CCCc1nnc(NC(=O)C2(C)Sc3ccccc3N(C)C2=O)s1. The standard InChI is InChI=1S/C16H18N4O2S2/c1-4-7-12-18-19-15(23-12)17-13(21)16(2)14(22)20(3)10-8-5-6-9-11(10)24-16/h5-6,8-9H,4,7H2,1-3H3,(H,17,19,21). The summed E-state index contributed by atoms with van der Waals surface area (Å²) in [6.45, 7) is 3.71. The molecule has 8 heteroatoms. The second-order valence-corrected chi connectivity index (χ2v) is 8.19. The zero-order valence-corrected chi connectivity index (χ0v) is 15.3. The van der Waals surface area contributed by atoms with Gasteiger partial charge in [-0.05, 0) is 25.5 Å². The van der Waals surface area contributed by atoms with Crippen molar-refractivity contribution in [1.29, 1.82) is 0 Å². The highest BCUT2D eigenvalue weighted by Gasteiger charge is 2.48. The smallest absolute Gasteiger partial charge is 0.252 e. The lowest BCUT2D eigenvalue weighted by Gasteiger charge is -2.36. The number of thioether (sulfide) groups is 1. The Labute approximate surface area is 148 Å². The molecule has 0 fully saturated rings. The van der Waals surface area contributed by atoms with Gasteiger partial charge in [-0.25, -0.2) is 0 Å². The second-order valence-electron chi connectivity index (χ2n) is 5.67. The molecule has 1 aromatic carbocycles. The van der Waals surface area contributed by atoms with E-state index in [9.17, 15) is 9.59 Å². The summed E-state index contributed by atoms with van der Waals surface area (Å²) in [6, 6.07) is 7.57. The van der Waals surface area contributed by atoms with E-state index in [4.69, 9.17) is 0 Å². The minimum absolute atomic E-state index is 0.248. The summed E-state index contributed by atoms with van der Waals surface area (Å²) in [5.74, 6) is -0.625. The van der Waals surface area contributed by atoms with Gasteiger partial charge in [-0.15, -0.1) is 10.2 Å². The number of amides is 2. The molecule has 0 aliphatic carbocycles. The topological polar surface area (TPSA) is 75.2 Å². The zero-order chi connectivity index (χ0) is 17.3. The van der Waals surface area contributed by atoms with Crippen molar-refractivity contribution in [3.63, 3.8) is 0 Å². The molecule has 24 heavy (non-hydrogen) atoms. The fourth-order valence-electron chi connectivity index (χ4n) is 2.49. The average molecular weight is 362 g/mol. The van der Waals surface area contributed by atoms with Crippen LogP contribution in [0.1, 0.15) is 25.3 Å². The third-order valence-electron chi connectivity index (χ3n) is 3.84. The van der Waals surface area contributed by atoms with Crippen molar-refractivity contribution in [2.75, 3.05) is 17.3 Å².